The fourth-order valence-corrected chi connectivity index (χ4v) is 3.85. The number of piperidine rings is 1. The van der Waals surface area contributed by atoms with Crippen molar-refractivity contribution in [1.82, 2.24) is 19.8 Å². The van der Waals surface area contributed by atoms with Crippen molar-refractivity contribution >= 4 is 17.6 Å². The average molecular weight is 504 g/mol. The van der Waals surface area contributed by atoms with Crippen LogP contribution in [0.25, 0.3) is 11.3 Å². The number of carbonyl (C=O) groups excluding carboxylic acids is 2. The largest absolute Gasteiger partial charge is 0.338 e. The molecule has 3 amide bonds. The van der Waals surface area contributed by atoms with Crippen LogP contribution in [-0.4, -0.2) is 57.9 Å². The van der Waals surface area contributed by atoms with Crippen molar-refractivity contribution in [1.29, 1.82) is 0 Å². The van der Waals surface area contributed by atoms with Crippen LogP contribution in [0, 0.1) is 11.6 Å². The second-order valence-electron chi connectivity index (χ2n) is 8.25. The van der Waals surface area contributed by atoms with Gasteiger partial charge in [-0.05, 0) is 62.4 Å². The van der Waals surface area contributed by atoms with E-state index in [2.05, 4.69) is 39.9 Å². The molecule has 1 N–H and O–H groups in total. The van der Waals surface area contributed by atoms with Crippen molar-refractivity contribution in [3.05, 3.63) is 103 Å². The third-order valence-corrected chi connectivity index (χ3v) is 5.83. The molecule has 190 valence electrons. The lowest BCUT2D eigenvalue weighted by Gasteiger charge is -2.36. The third-order valence-electron chi connectivity index (χ3n) is 5.83. The number of nitrogens with one attached hydrogen (secondary N) is 1. The molecule has 0 saturated carbocycles. The van der Waals surface area contributed by atoms with E-state index in [-0.39, 0.29) is 18.0 Å². The number of nitrogens with zero attached hydrogens (tertiary/aromatic N) is 4. The van der Waals surface area contributed by atoms with Gasteiger partial charge in [-0.1, -0.05) is 11.5 Å². The van der Waals surface area contributed by atoms with Crippen molar-refractivity contribution in [2.75, 3.05) is 25.5 Å². The molecule has 3 heterocycles. The minimum atomic E-state index is -0.681. The van der Waals surface area contributed by atoms with Crippen molar-refractivity contribution in [3.8, 4) is 11.3 Å². The fourth-order valence-electron chi connectivity index (χ4n) is 3.85. The van der Waals surface area contributed by atoms with Crippen molar-refractivity contribution < 1.29 is 18.4 Å². The highest BCUT2D eigenvalue weighted by Gasteiger charge is 2.28. The molecule has 9 heteroatoms. The first-order valence-corrected chi connectivity index (χ1v) is 11.5. The maximum Gasteiger partial charge on any atom is 0.321 e. The Morgan fingerprint density at radius 3 is 2.27 bits per heavy atom. The van der Waals surface area contributed by atoms with Gasteiger partial charge in [-0.15, -0.1) is 0 Å². The topological polar surface area (TPSA) is 78.4 Å². The molecule has 1 aromatic carbocycles. The number of amides is 3. The number of anilines is 1. The molecular weight excluding hydrogens is 476 g/mol. The van der Waals surface area contributed by atoms with Gasteiger partial charge in [0.2, 0.25) is 0 Å². The molecule has 1 aliphatic heterocycles. The summed E-state index contributed by atoms with van der Waals surface area (Å²) in [4.78, 5) is 36.8. The smallest absolute Gasteiger partial charge is 0.321 e. The molecule has 7 nitrogen and oxygen atoms in total. The molecule has 1 aliphatic rings. The minimum absolute atomic E-state index is 0.00884. The number of hydrogen-bond acceptors (Lipinski definition) is 4. The Bertz CT molecular complexity index is 1270. The predicted octanol–water partition coefficient (Wildman–Crippen LogP) is 5.30. The number of rotatable bonds is 4. The van der Waals surface area contributed by atoms with E-state index in [1.807, 2.05) is 0 Å². The van der Waals surface area contributed by atoms with Gasteiger partial charge in [0.1, 0.15) is 11.6 Å². The summed E-state index contributed by atoms with van der Waals surface area (Å²) < 4.78 is 26.9. The lowest BCUT2D eigenvalue weighted by Crippen LogP contribution is -2.48. The summed E-state index contributed by atoms with van der Waals surface area (Å²) in [6.45, 7) is 7.47. The van der Waals surface area contributed by atoms with E-state index in [0.29, 0.717) is 48.4 Å². The summed E-state index contributed by atoms with van der Waals surface area (Å²) in [6, 6.07) is 9.59. The molecule has 37 heavy (non-hydrogen) atoms. The number of carbonyl (C=O) groups is 2. The van der Waals surface area contributed by atoms with Gasteiger partial charge in [0, 0.05) is 50.2 Å². The Morgan fingerprint density at radius 2 is 1.73 bits per heavy atom. The van der Waals surface area contributed by atoms with Crippen LogP contribution in [0.4, 0.5) is 19.3 Å². The number of hydrogen-bond donors (Lipinski definition) is 1. The zero-order valence-corrected chi connectivity index (χ0v) is 20.5. The Hall–Kier alpha value is -4.58. The van der Waals surface area contributed by atoms with E-state index in [0.717, 1.165) is 6.07 Å². The van der Waals surface area contributed by atoms with Crippen LogP contribution in [0.15, 0.2) is 85.7 Å². The van der Waals surface area contributed by atoms with Crippen LogP contribution in [0.5, 0.6) is 0 Å². The van der Waals surface area contributed by atoms with E-state index < -0.39 is 11.6 Å². The molecule has 1 saturated heterocycles. The number of aromatic nitrogens is 2. The molecule has 0 unspecified atom stereocenters. The number of urea groups is 1. The Kier molecular flexibility index (Phi) is 9.44. The summed E-state index contributed by atoms with van der Waals surface area (Å²) in [5.41, 5.74) is 6.37. The quantitative estimate of drug-likeness (QED) is 0.490. The summed E-state index contributed by atoms with van der Waals surface area (Å²) in [5.74, 6) is -1.42. The van der Waals surface area contributed by atoms with E-state index in [9.17, 15) is 18.4 Å². The van der Waals surface area contributed by atoms with E-state index in [4.69, 9.17) is 0 Å². The van der Waals surface area contributed by atoms with Gasteiger partial charge in [0.25, 0.3) is 5.91 Å². The maximum atomic E-state index is 13.4. The highest BCUT2D eigenvalue weighted by molar-refractivity contribution is 5.94. The molecule has 0 atom stereocenters. The van der Waals surface area contributed by atoms with Crippen LogP contribution in [0.1, 0.15) is 23.2 Å². The molecule has 3 aromatic rings. The van der Waals surface area contributed by atoms with Gasteiger partial charge in [-0.3, -0.25) is 14.8 Å². The summed E-state index contributed by atoms with van der Waals surface area (Å²) in [7, 11) is 1.72. The summed E-state index contributed by atoms with van der Waals surface area (Å²) >= 11 is 0. The first-order valence-electron chi connectivity index (χ1n) is 11.5. The number of halogens is 2. The molecule has 4 rings (SSSR count). The number of benzene rings is 1. The standard InChI is InChI=1S/C24H23F2N5O2.C4H4/c1-30(21-6-9-31(10-7-21)23(32)16-3-2-8-27-14-16)24(33)29-20-4-5-22(28-15-20)17-11-18(25)13-19(26)12-17;1-3-4-2/h2-5,8,11-15,21H,6-7,9-10H2,1H3,(H,29,33);1-2H2. The normalized spacial score (nSPS) is 12.9. The van der Waals surface area contributed by atoms with Gasteiger partial charge in [0.05, 0.1) is 23.1 Å². The first kappa shape index (κ1) is 27.0. The number of pyridine rings is 2. The fraction of sp³-hybridized carbons (Fsp3) is 0.214. The highest BCUT2D eigenvalue weighted by Crippen LogP contribution is 2.22. The SMILES string of the molecule is C=C=C=C.CN(C(=O)Nc1ccc(-c2cc(F)cc(F)c2)nc1)C1CCN(C(=O)c2cccnc2)CC1. The van der Waals surface area contributed by atoms with Gasteiger partial charge in [-0.2, -0.15) is 0 Å². The first-order chi connectivity index (χ1) is 17.8. The van der Waals surface area contributed by atoms with Crippen LogP contribution in [0.3, 0.4) is 0 Å². The Labute approximate surface area is 214 Å². The molecule has 0 aliphatic carbocycles. The average Bonchev–Trinajstić information content (AvgIpc) is 2.93. The minimum Gasteiger partial charge on any atom is -0.338 e. The Balaban J connectivity index is 0.000000886. The molecule has 2 aromatic heterocycles. The van der Waals surface area contributed by atoms with E-state index in [1.165, 1.54) is 18.3 Å². The van der Waals surface area contributed by atoms with Gasteiger partial charge in [0.15, 0.2) is 0 Å². The monoisotopic (exact) mass is 503 g/mol. The predicted molar refractivity (Wildman–Crippen MR) is 138 cm³/mol. The summed E-state index contributed by atoms with van der Waals surface area (Å²) in [5, 5.41) is 2.79. The lowest BCUT2D eigenvalue weighted by atomic mass is 10.0. The second-order valence-corrected chi connectivity index (χ2v) is 8.25. The van der Waals surface area contributed by atoms with Gasteiger partial charge >= 0.3 is 6.03 Å². The molecule has 0 bridgehead atoms. The van der Waals surface area contributed by atoms with E-state index in [1.54, 1.807) is 53.5 Å². The van der Waals surface area contributed by atoms with Crippen LogP contribution >= 0.6 is 0 Å². The van der Waals surface area contributed by atoms with Crippen LogP contribution in [0.2, 0.25) is 0 Å². The maximum absolute atomic E-state index is 13.4. The molecule has 1 fully saturated rings. The Morgan fingerprint density at radius 1 is 1.05 bits per heavy atom. The summed E-state index contributed by atoms with van der Waals surface area (Å²) in [6.07, 6.45) is 5.95. The molecular formula is C28H27F2N5O2. The van der Waals surface area contributed by atoms with Gasteiger partial charge in [-0.25, -0.2) is 13.6 Å². The number of likely N-dealkylation sites (tertiary alicyclic amines) is 1. The van der Waals surface area contributed by atoms with Gasteiger partial charge < -0.3 is 15.1 Å². The molecule has 0 spiro atoms. The van der Waals surface area contributed by atoms with Crippen LogP contribution < -0.4 is 5.32 Å². The highest BCUT2D eigenvalue weighted by atomic mass is 19.1. The zero-order chi connectivity index (χ0) is 26.8. The van der Waals surface area contributed by atoms with Crippen molar-refractivity contribution in [2.45, 2.75) is 18.9 Å². The lowest BCUT2D eigenvalue weighted by molar-refractivity contribution is 0.0671. The second kappa shape index (κ2) is 12.9. The van der Waals surface area contributed by atoms with E-state index >= 15 is 0 Å². The van der Waals surface area contributed by atoms with Crippen LogP contribution in [-0.2, 0) is 0 Å². The van der Waals surface area contributed by atoms with Crippen molar-refractivity contribution in [2.24, 2.45) is 0 Å². The molecule has 0 radical (unpaired) electrons. The third kappa shape index (κ3) is 7.45. The van der Waals surface area contributed by atoms with Crippen molar-refractivity contribution in [3.63, 3.8) is 0 Å². The zero-order valence-electron chi connectivity index (χ0n) is 20.5.